The highest BCUT2D eigenvalue weighted by Gasteiger charge is 2.32. The van der Waals surface area contributed by atoms with E-state index in [9.17, 15) is 13.2 Å². The van der Waals surface area contributed by atoms with E-state index in [0.717, 1.165) is 4.90 Å². The van der Waals surface area contributed by atoms with E-state index in [0.29, 0.717) is 24.4 Å². The number of nitrogen functional groups attached to an aromatic ring is 1. The van der Waals surface area contributed by atoms with Crippen LogP contribution in [0.5, 0.6) is 0 Å². The lowest BCUT2D eigenvalue weighted by Crippen LogP contribution is -2.41. The molecule has 6 nitrogen and oxygen atoms in total. The number of likely N-dealkylation sites (tertiary alicyclic amines) is 1. The van der Waals surface area contributed by atoms with Crippen LogP contribution in [-0.2, 0) is 14.8 Å². The number of nitrogens with zero attached hydrogens (tertiary/aromatic N) is 1. The molecule has 1 aliphatic heterocycles. The molecular formula is C13H19N3O3S2. The fourth-order valence-corrected chi connectivity index (χ4v) is 4.59. The lowest BCUT2D eigenvalue weighted by atomic mass is 10.3. The number of hydrogen-bond donors (Lipinski definition) is 2. The van der Waals surface area contributed by atoms with Gasteiger partial charge in [-0.05, 0) is 30.7 Å². The first kappa shape index (κ1) is 16.1. The lowest BCUT2D eigenvalue weighted by molar-refractivity contribution is -0.127. The van der Waals surface area contributed by atoms with Gasteiger partial charge < -0.3 is 10.6 Å². The molecule has 0 bridgehead atoms. The van der Waals surface area contributed by atoms with Crippen molar-refractivity contribution in [3.05, 3.63) is 24.3 Å². The van der Waals surface area contributed by atoms with Crippen molar-refractivity contribution in [3.63, 3.8) is 0 Å². The fraction of sp³-hybridized carbons (Fsp3) is 0.462. The molecule has 0 spiro atoms. The molecule has 1 unspecified atom stereocenters. The highest BCUT2D eigenvalue weighted by Crippen LogP contribution is 2.19. The highest BCUT2D eigenvalue weighted by atomic mass is 32.2. The summed E-state index contributed by atoms with van der Waals surface area (Å²) in [7, 11) is -1.77. The third kappa shape index (κ3) is 4.62. The number of hydrogen-bond acceptors (Lipinski definition) is 5. The highest BCUT2D eigenvalue weighted by molar-refractivity contribution is 8.00. The summed E-state index contributed by atoms with van der Waals surface area (Å²) in [6, 6.07) is 6.66. The lowest BCUT2D eigenvalue weighted by Gasteiger charge is -2.12. The minimum atomic E-state index is -3.44. The normalized spacial score (nSPS) is 19.2. The predicted octanol–water partition coefficient (Wildman–Crippen LogP) is 0.511. The van der Waals surface area contributed by atoms with E-state index in [4.69, 9.17) is 5.73 Å². The largest absolute Gasteiger partial charge is 0.399 e. The molecule has 0 radical (unpaired) electrons. The number of carbonyl (C=O) groups excluding carboxylic acids is 1. The minimum Gasteiger partial charge on any atom is -0.399 e. The Labute approximate surface area is 129 Å². The Kier molecular flexibility index (Phi) is 5.13. The van der Waals surface area contributed by atoms with E-state index >= 15 is 0 Å². The first-order chi connectivity index (χ1) is 9.87. The fourth-order valence-electron chi connectivity index (χ4n) is 2.04. The van der Waals surface area contributed by atoms with Crippen LogP contribution in [0.3, 0.4) is 0 Å². The predicted molar refractivity (Wildman–Crippen MR) is 84.5 cm³/mol. The van der Waals surface area contributed by atoms with Crippen LogP contribution < -0.4 is 10.5 Å². The summed E-state index contributed by atoms with van der Waals surface area (Å²) in [6.45, 7) is 0.589. The van der Waals surface area contributed by atoms with Gasteiger partial charge in [0.15, 0.2) is 0 Å². The molecule has 2 rings (SSSR count). The molecule has 3 N–H and O–H groups in total. The molecule has 1 atom stereocenters. The second-order valence-electron chi connectivity index (χ2n) is 4.96. The summed E-state index contributed by atoms with van der Waals surface area (Å²) >= 11 is 1.45. The molecule has 0 aliphatic carbocycles. The molecule has 1 heterocycles. The summed E-state index contributed by atoms with van der Waals surface area (Å²) in [5.41, 5.74) is 6.27. The zero-order valence-corrected chi connectivity index (χ0v) is 13.4. The Balaban J connectivity index is 1.81. The molecule has 0 aromatic heterocycles. The van der Waals surface area contributed by atoms with Gasteiger partial charge in [0.05, 0.1) is 5.75 Å². The smallest absolute Gasteiger partial charge is 0.240 e. The summed E-state index contributed by atoms with van der Waals surface area (Å²) in [5, 5.41) is 0. The zero-order valence-electron chi connectivity index (χ0n) is 11.8. The van der Waals surface area contributed by atoms with Crippen LogP contribution in [0, 0.1) is 0 Å². The number of rotatable bonds is 6. The number of carbonyl (C=O) groups is 1. The van der Waals surface area contributed by atoms with E-state index in [-0.39, 0.29) is 11.7 Å². The number of likely N-dealkylation sites (N-methyl/N-ethyl adjacent to an activating group) is 1. The maximum atomic E-state index is 12.0. The van der Waals surface area contributed by atoms with Gasteiger partial charge in [-0.15, -0.1) is 11.8 Å². The minimum absolute atomic E-state index is 0.0183. The molecule has 8 heteroatoms. The second kappa shape index (κ2) is 6.67. The van der Waals surface area contributed by atoms with Crippen molar-refractivity contribution >= 4 is 33.4 Å². The van der Waals surface area contributed by atoms with Crippen molar-refractivity contribution in [1.29, 1.82) is 0 Å². The van der Waals surface area contributed by atoms with Gasteiger partial charge in [-0.1, -0.05) is 0 Å². The van der Waals surface area contributed by atoms with Gasteiger partial charge in [-0.25, -0.2) is 13.1 Å². The average molecular weight is 329 g/mol. The SMILES string of the molecule is CN1CCC(NS(=O)(=O)CCSc2ccc(N)cc2)C1=O. The topological polar surface area (TPSA) is 92.5 Å². The molecule has 1 aliphatic rings. The maximum Gasteiger partial charge on any atom is 0.240 e. The Hall–Kier alpha value is -1.25. The summed E-state index contributed by atoms with van der Waals surface area (Å²) in [4.78, 5) is 14.2. The van der Waals surface area contributed by atoms with E-state index in [1.165, 1.54) is 16.7 Å². The molecule has 0 saturated carbocycles. The third-order valence-electron chi connectivity index (χ3n) is 3.25. The van der Waals surface area contributed by atoms with Gasteiger partial charge in [0.25, 0.3) is 0 Å². The van der Waals surface area contributed by atoms with E-state index < -0.39 is 16.1 Å². The van der Waals surface area contributed by atoms with Gasteiger partial charge in [-0.3, -0.25) is 4.79 Å². The Morgan fingerprint density at radius 1 is 1.38 bits per heavy atom. The van der Waals surface area contributed by atoms with Crippen molar-refractivity contribution in [2.24, 2.45) is 0 Å². The zero-order chi connectivity index (χ0) is 15.5. The average Bonchev–Trinajstić information content (AvgIpc) is 2.72. The third-order valence-corrected chi connectivity index (χ3v) is 5.91. The number of sulfonamides is 1. The number of amides is 1. The molecule has 1 aromatic rings. The number of nitrogens with two attached hydrogens (primary N) is 1. The standard InChI is InChI=1S/C13H19N3O3S2/c1-16-7-6-12(13(16)17)15-21(18,19)9-8-20-11-4-2-10(14)3-5-11/h2-5,12,15H,6-9,14H2,1H3. The number of nitrogens with one attached hydrogen (secondary N) is 1. The van der Waals surface area contributed by atoms with Gasteiger partial charge in [-0.2, -0.15) is 0 Å². The van der Waals surface area contributed by atoms with Crippen LogP contribution in [0.1, 0.15) is 6.42 Å². The molecule has 1 fully saturated rings. The number of benzene rings is 1. The van der Waals surface area contributed by atoms with Crippen LogP contribution >= 0.6 is 11.8 Å². The van der Waals surface area contributed by atoms with Crippen LogP contribution in [0.15, 0.2) is 29.2 Å². The van der Waals surface area contributed by atoms with Crippen molar-refractivity contribution in [3.8, 4) is 0 Å². The van der Waals surface area contributed by atoms with Crippen LogP contribution in [0.4, 0.5) is 5.69 Å². The van der Waals surface area contributed by atoms with Crippen molar-refractivity contribution in [2.75, 3.05) is 30.8 Å². The van der Waals surface area contributed by atoms with Crippen molar-refractivity contribution < 1.29 is 13.2 Å². The Bertz CT molecular complexity index is 602. The Morgan fingerprint density at radius 3 is 2.62 bits per heavy atom. The number of anilines is 1. The first-order valence-electron chi connectivity index (χ1n) is 6.61. The molecule has 116 valence electrons. The molecule has 1 saturated heterocycles. The van der Waals surface area contributed by atoms with E-state index in [1.54, 1.807) is 19.2 Å². The second-order valence-corrected chi connectivity index (χ2v) is 8.00. The maximum absolute atomic E-state index is 12.0. The van der Waals surface area contributed by atoms with Gasteiger partial charge in [0.1, 0.15) is 6.04 Å². The van der Waals surface area contributed by atoms with Crippen LogP contribution in [0.2, 0.25) is 0 Å². The van der Waals surface area contributed by atoms with E-state index in [2.05, 4.69) is 4.72 Å². The molecule has 1 aromatic carbocycles. The van der Waals surface area contributed by atoms with Crippen molar-refractivity contribution in [2.45, 2.75) is 17.4 Å². The summed E-state index contributed by atoms with van der Waals surface area (Å²) < 4.78 is 26.4. The quantitative estimate of drug-likeness (QED) is 0.586. The molecule has 21 heavy (non-hydrogen) atoms. The van der Waals surface area contributed by atoms with Crippen molar-refractivity contribution in [1.82, 2.24) is 9.62 Å². The van der Waals surface area contributed by atoms with Gasteiger partial charge in [0.2, 0.25) is 15.9 Å². The monoisotopic (exact) mass is 329 g/mol. The molecule has 1 amide bonds. The van der Waals surface area contributed by atoms with Crippen LogP contribution in [0.25, 0.3) is 0 Å². The molecular weight excluding hydrogens is 310 g/mol. The van der Waals surface area contributed by atoms with Crippen LogP contribution in [-0.4, -0.2) is 50.4 Å². The van der Waals surface area contributed by atoms with Gasteiger partial charge in [0, 0.05) is 29.9 Å². The summed E-state index contributed by atoms with van der Waals surface area (Å²) in [5.74, 6) is 0.246. The Morgan fingerprint density at radius 2 is 2.05 bits per heavy atom. The van der Waals surface area contributed by atoms with E-state index in [1.807, 2.05) is 12.1 Å². The number of thioether (sulfide) groups is 1. The summed E-state index contributed by atoms with van der Waals surface area (Å²) in [6.07, 6.45) is 0.527. The van der Waals surface area contributed by atoms with Gasteiger partial charge >= 0.3 is 0 Å². The first-order valence-corrected chi connectivity index (χ1v) is 9.24.